The molecule has 0 saturated carbocycles. The van der Waals surface area contributed by atoms with Crippen LogP contribution in [0.25, 0.3) is 0 Å². The molecule has 2 heterocycles. The Balaban J connectivity index is 2.31. The van der Waals surface area contributed by atoms with Gasteiger partial charge in [0.1, 0.15) is 11.3 Å². The number of hydrogen-bond acceptors (Lipinski definition) is 6. The molecule has 0 spiro atoms. The summed E-state index contributed by atoms with van der Waals surface area (Å²) < 4.78 is 5.06. The molecule has 106 valence electrons. The molecule has 7 heteroatoms. The minimum Gasteiger partial charge on any atom is -0.478 e. The highest BCUT2D eigenvalue weighted by Crippen LogP contribution is 2.20. The number of aromatic carboxylic acids is 1. The molecule has 0 bridgehead atoms. The lowest BCUT2D eigenvalue weighted by Crippen LogP contribution is -2.13. The predicted octanol–water partition coefficient (Wildman–Crippen LogP) is 2.01. The first-order valence-corrected chi connectivity index (χ1v) is 6.14. The van der Waals surface area contributed by atoms with E-state index in [1.54, 1.807) is 20.8 Å². The maximum absolute atomic E-state index is 11.4. The number of carboxylic acids is 1. The van der Waals surface area contributed by atoms with E-state index in [2.05, 4.69) is 20.7 Å². The van der Waals surface area contributed by atoms with Crippen LogP contribution < -0.4 is 5.32 Å². The Morgan fingerprint density at radius 2 is 1.90 bits per heavy atom. The van der Waals surface area contributed by atoms with Crippen molar-refractivity contribution in [2.45, 2.75) is 34.2 Å². The van der Waals surface area contributed by atoms with Crippen LogP contribution in [-0.4, -0.2) is 26.4 Å². The molecule has 2 aromatic heterocycles. The van der Waals surface area contributed by atoms with Crippen molar-refractivity contribution in [3.05, 3.63) is 33.8 Å². The van der Waals surface area contributed by atoms with Gasteiger partial charge in [-0.2, -0.15) is 5.10 Å². The molecule has 0 fully saturated rings. The summed E-state index contributed by atoms with van der Waals surface area (Å²) in [5.41, 5.74) is 3.01. The van der Waals surface area contributed by atoms with Crippen LogP contribution in [0.15, 0.2) is 4.52 Å². The van der Waals surface area contributed by atoms with Crippen molar-refractivity contribution < 1.29 is 14.4 Å². The van der Waals surface area contributed by atoms with Crippen molar-refractivity contribution in [2.24, 2.45) is 0 Å². The fourth-order valence-electron chi connectivity index (χ4n) is 1.92. The van der Waals surface area contributed by atoms with Gasteiger partial charge in [-0.05, 0) is 33.3 Å². The molecule has 0 radical (unpaired) electrons. The molecular formula is C13H16N4O3. The molecule has 0 aliphatic carbocycles. The van der Waals surface area contributed by atoms with Crippen LogP contribution in [0, 0.1) is 27.7 Å². The maximum atomic E-state index is 11.4. The van der Waals surface area contributed by atoms with Crippen molar-refractivity contribution >= 4 is 11.8 Å². The van der Waals surface area contributed by atoms with Crippen LogP contribution in [0.5, 0.6) is 0 Å². The normalized spacial score (nSPS) is 10.6. The second-order valence-electron chi connectivity index (χ2n) is 4.60. The monoisotopic (exact) mass is 276 g/mol. The molecule has 0 aliphatic rings. The Morgan fingerprint density at radius 3 is 2.45 bits per heavy atom. The molecule has 2 rings (SSSR count). The average Bonchev–Trinajstić information content (AvgIpc) is 2.70. The fourth-order valence-corrected chi connectivity index (χ4v) is 1.92. The molecule has 0 saturated heterocycles. The zero-order chi connectivity index (χ0) is 14.9. The summed E-state index contributed by atoms with van der Waals surface area (Å²) in [6.07, 6.45) is 0. The number of carboxylic acid groups (broad SMARTS) is 1. The van der Waals surface area contributed by atoms with Crippen molar-refractivity contribution in [1.82, 2.24) is 15.4 Å². The number of aryl methyl sites for hydroxylation is 3. The van der Waals surface area contributed by atoms with Crippen molar-refractivity contribution in [3.63, 3.8) is 0 Å². The highest BCUT2D eigenvalue weighted by Gasteiger charge is 2.18. The van der Waals surface area contributed by atoms with Crippen LogP contribution in [0.3, 0.4) is 0 Å². The van der Waals surface area contributed by atoms with Crippen LogP contribution in [0.1, 0.15) is 38.6 Å². The predicted molar refractivity (Wildman–Crippen MR) is 71.8 cm³/mol. The Hall–Kier alpha value is -2.44. The van der Waals surface area contributed by atoms with E-state index in [0.717, 1.165) is 11.3 Å². The lowest BCUT2D eigenvalue weighted by molar-refractivity contribution is 0.0696. The van der Waals surface area contributed by atoms with Crippen molar-refractivity contribution in [1.29, 1.82) is 0 Å². The van der Waals surface area contributed by atoms with E-state index in [1.807, 2.05) is 6.92 Å². The topological polar surface area (TPSA) is 101 Å². The van der Waals surface area contributed by atoms with Crippen LogP contribution >= 0.6 is 0 Å². The second-order valence-corrected chi connectivity index (χ2v) is 4.60. The summed E-state index contributed by atoms with van der Waals surface area (Å²) >= 11 is 0. The van der Waals surface area contributed by atoms with Gasteiger partial charge in [0, 0.05) is 12.1 Å². The molecular weight excluding hydrogens is 260 g/mol. The average molecular weight is 276 g/mol. The zero-order valence-electron chi connectivity index (χ0n) is 11.8. The van der Waals surface area contributed by atoms with Gasteiger partial charge in [0.25, 0.3) is 0 Å². The van der Waals surface area contributed by atoms with Crippen LogP contribution in [-0.2, 0) is 6.54 Å². The summed E-state index contributed by atoms with van der Waals surface area (Å²) in [7, 11) is 0. The van der Waals surface area contributed by atoms with E-state index in [-0.39, 0.29) is 11.4 Å². The van der Waals surface area contributed by atoms with E-state index in [4.69, 9.17) is 4.52 Å². The number of rotatable bonds is 4. The van der Waals surface area contributed by atoms with Gasteiger partial charge in [-0.25, -0.2) is 4.79 Å². The molecule has 20 heavy (non-hydrogen) atoms. The quantitative estimate of drug-likeness (QED) is 0.880. The van der Waals surface area contributed by atoms with Gasteiger partial charge in [0.15, 0.2) is 5.82 Å². The van der Waals surface area contributed by atoms with E-state index < -0.39 is 5.97 Å². The standard InChI is InChI=1S/C13H16N4O3/c1-6-7(2)15-16-12(11(6)13(18)19)14-5-10-8(3)17-20-9(10)4/h5H2,1-4H3,(H,14,16)(H,18,19). The van der Waals surface area contributed by atoms with Gasteiger partial charge in [0.05, 0.1) is 11.4 Å². The van der Waals surface area contributed by atoms with E-state index >= 15 is 0 Å². The molecule has 0 unspecified atom stereocenters. The third-order valence-corrected chi connectivity index (χ3v) is 3.28. The van der Waals surface area contributed by atoms with E-state index in [9.17, 15) is 9.90 Å². The summed E-state index contributed by atoms with van der Waals surface area (Å²) in [6.45, 7) is 7.47. The van der Waals surface area contributed by atoms with Crippen molar-refractivity contribution in [2.75, 3.05) is 5.32 Å². The smallest absolute Gasteiger partial charge is 0.339 e. The molecule has 0 aliphatic heterocycles. The van der Waals surface area contributed by atoms with Gasteiger partial charge >= 0.3 is 5.97 Å². The fraction of sp³-hybridized carbons (Fsp3) is 0.385. The lowest BCUT2D eigenvalue weighted by Gasteiger charge is -2.11. The molecule has 0 atom stereocenters. The molecule has 2 N–H and O–H groups in total. The number of carbonyl (C=O) groups is 1. The highest BCUT2D eigenvalue weighted by atomic mass is 16.5. The first kappa shape index (κ1) is 14.0. The largest absolute Gasteiger partial charge is 0.478 e. The minimum atomic E-state index is -1.03. The summed E-state index contributed by atoms with van der Waals surface area (Å²) in [5, 5.41) is 24.0. The molecule has 7 nitrogen and oxygen atoms in total. The summed E-state index contributed by atoms with van der Waals surface area (Å²) in [5.74, 6) is -0.0777. The molecule has 0 aromatic carbocycles. The highest BCUT2D eigenvalue weighted by molar-refractivity contribution is 5.94. The number of anilines is 1. The summed E-state index contributed by atoms with van der Waals surface area (Å²) in [4.78, 5) is 11.4. The lowest BCUT2D eigenvalue weighted by atomic mass is 10.1. The number of nitrogens with zero attached hydrogens (tertiary/aromatic N) is 3. The number of aromatic nitrogens is 3. The Morgan fingerprint density at radius 1 is 1.20 bits per heavy atom. The SMILES string of the molecule is Cc1nnc(NCc2c(C)noc2C)c(C(=O)O)c1C. The van der Waals surface area contributed by atoms with Gasteiger partial charge in [-0.15, -0.1) is 5.10 Å². The number of nitrogens with one attached hydrogen (secondary N) is 1. The third kappa shape index (κ3) is 2.47. The first-order chi connectivity index (χ1) is 9.41. The van der Waals surface area contributed by atoms with Gasteiger partial charge in [0.2, 0.25) is 0 Å². The Labute approximate surface area is 116 Å². The third-order valence-electron chi connectivity index (χ3n) is 3.28. The van der Waals surface area contributed by atoms with E-state index in [1.165, 1.54) is 0 Å². The van der Waals surface area contributed by atoms with Gasteiger partial charge in [-0.3, -0.25) is 0 Å². The maximum Gasteiger partial charge on any atom is 0.339 e. The number of hydrogen-bond donors (Lipinski definition) is 2. The van der Waals surface area contributed by atoms with Gasteiger partial charge in [-0.1, -0.05) is 5.16 Å². The van der Waals surface area contributed by atoms with Gasteiger partial charge < -0.3 is 14.9 Å². The Bertz CT molecular complexity index is 644. The summed E-state index contributed by atoms with van der Waals surface area (Å²) in [6, 6.07) is 0. The minimum absolute atomic E-state index is 0.143. The van der Waals surface area contributed by atoms with Crippen molar-refractivity contribution in [3.8, 4) is 0 Å². The molecule has 0 amide bonds. The molecule has 2 aromatic rings. The Kier molecular flexibility index (Phi) is 3.69. The van der Waals surface area contributed by atoms with Crippen LogP contribution in [0.4, 0.5) is 5.82 Å². The van der Waals surface area contributed by atoms with Crippen LogP contribution in [0.2, 0.25) is 0 Å². The van der Waals surface area contributed by atoms with E-state index in [0.29, 0.717) is 23.6 Å². The second kappa shape index (κ2) is 5.28. The zero-order valence-corrected chi connectivity index (χ0v) is 11.8. The first-order valence-electron chi connectivity index (χ1n) is 6.14.